The Bertz CT molecular complexity index is 600. The van der Waals surface area contributed by atoms with E-state index in [2.05, 4.69) is 4.90 Å². The molecule has 0 atom stereocenters. The molecule has 3 rings (SSSR count). The molecule has 2 saturated heterocycles. The Morgan fingerprint density at radius 1 is 1.19 bits per heavy atom. The van der Waals surface area contributed by atoms with Crippen LogP contribution in [0.2, 0.25) is 0 Å². The van der Waals surface area contributed by atoms with E-state index in [1.165, 1.54) is 6.26 Å². The number of hydrogen-bond donors (Lipinski definition) is 0. The zero-order chi connectivity index (χ0) is 15.1. The summed E-state index contributed by atoms with van der Waals surface area (Å²) in [7, 11) is -3.09. The molecule has 1 spiro atoms. The monoisotopic (exact) mass is 312 g/mol. The van der Waals surface area contributed by atoms with Crippen LogP contribution in [0.3, 0.4) is 0 Å². The van der Waals surface area contributed by atoms with Crippen molar-refractivity contribution < 1.29 is 12.8 Å². The zero-order valence-corrected chi connectivity index (χ0v) is 13.7. The first kappa shape index (κ1) is 15.1. The molecule has 0 N–H and O–H groups in total. The minimum atomic E-state index is -3.09. The van der Waals surface area contributed by atoms with Gasteiger partial charge in [0.15, 0.2) is 0 Å². The number of piperidine rings is 1. The third-order valence-electron chi connectivity index (χ3n) is 4.89. The maximum atomic E-state index is 12.0. The van der Waals surface area contributed by atoms with Crippen LogP contribution in [-0.4, -0.2) is 49.1 Å². The normalized spacial score (nSPS) is 23.9. The minimum Gasteiger partial charge on any atom is -0.465 e. The highest BCUT2D eigenvalue weighted by molar-refractivity contribution is 7.88. The molecule has 2 fully saturated rings. The SMILES string of the molecule is Cc1ccc(CN2CCC3(CCCN3S(C)(=O)=O)CC2)o1. The largest absolute Gasteiger partial charge is 0.465 e. The fourth-order valence-electron chi connectivity index (χ4n) is 3.85. The van der Waals surface area contributed by atoms with Gasteiger partial charge in [-0.3, -0.25) is 4.90 Å². The van der Waals surface area contributed by atoms with E-state index in [-0.39, 0.29) is 5.54 Å². The molecule has 6 heteroatoms. The lowest BCUT2D eigenvalue weighted by Crippen LogP contribution is -2.53. The molecule has 2 aliphatic heterocycles. The van der Waals surface area contributed by atoms with Crippen molar-refractivity contribution in [1.29, 1.82) is 0 Å². The third kappa shape index (κ3) is 3.03. The van der Waals surface area contributed by atoms with Gasteiger partial charge in [-0.2, -0.15) is 4.31 Å². The summed E-state index contributed by atoms with van der Waals surface area (Å²) in [6.07, 6.45) is 5.20. The van der Waals surface area contributed by atoms with Gasteiger partial charge in [0, 0.05) is 25.2 Å². The fraction of sp³-hybridized carbons (Fsp3) is 0.733. The van der Waals surface area contributed by atoms with Gasteiger partial charge in [-0.25, -0.2) is 8.42 Å². The molecule has 0 amide bonds. The highest BCUT2D eigenvalue weighted by atomic mass is 32.2. The molecular weight excluding hydrogens is 288 g/mol. The van der Waals surface area contributed by atoms with E-state index in [4.69, 9.17) is 4.42 Å². The average molecular weight is 312 g/mol. The highest BCUT2D eigenvalue weighted by Crippen LogP contribution is 2.40. The Labute approximate surface area is 127 Å². The Balaban J connectivity index is 1.64. The Hall–Kier alpha value is -0.850. The first-order chi connectivity index (χ1) is 9.89. The molecule has 21 heavy (non-hydrogen) atoms. The number of hydrogen-bond acceptors (Lipinski definition) is 4. The second-order valence-corrected chi connectivity index (χ2v) is 8.36. The molecule has 3 heterocycles. The van der Waals surface area contributed by atoms with Crippen LogP contribution < -0.4 is 0 Å². The van der Waals surface area contributed by atoms with Crippen LogP contribution in [0.25, 0.3) is 0 Å². The van der Waals surface area contributed by atoms with Gasteiger partial charge < -0.3 is 4.42 Å². The number of nitrogens with zero attached hydrogens (tertiary/aromatic N) is 2. The number of likely N-dealkylation sites (tertiary alicyclic amines) is 1. The van der Waals surface area contributed by atoms with Crippen molar-refractivity contribution in [2.45, 2.75) is 44.7 Å². The van der Waals surface area contributed by atoms with Gasteiger partial charge in [-0.1, -0.05) is 0 Å². The molecule has 0 radical (unpaired) electrons. The summed E-state index contributed by atoms with van der Waals surface area (Å²) >= 11 is 0. The molecule has 0 saturated carbocycles. The molecule has 5 nitrogen and oxygen atoms in total. The van der Waals surface area contributed by atoms with Crippen LogP contribution in [0.4, 0.5) is 0 Å². The summed E-state index contributed by atoms with van der Waals surface area (Å²) in [5.74, 6) is 1.94. The number of aryl methyl sites for hydroxylation is 1. The second kappa shape index (κ2) is 5.41. The van der Waals surface area contributed by atoms with Crippen LogP contribution in [0, 0.1) is 6.92 Å². The van der Waals surface area contributed by atoms with Crippen LogP contribution in [0.1, 0.15) is 37.2 Å². The molecule has 0 unspecified atom stereocenters. The maximum absolute atomic E-state index is 12.0. The van der Waals surface area contributed by atoms with E-state index < -0.39 is 10.0 Å². The zero-order valence-electron chi connectivity index (χ0n) is 12.8. The van der Waals surface area contributed by atoms with Gasteiger partial charge in [-0.05, 0) is 44.7 Å². The van der Waals surface area contributed by atoms with Crippen molar-refractivity contribution in [3.8, 4) is 0 Å². The third-order valence-corrected chi connectivity index (χ3v) is 6.27. The van der Waals surface area contributed by atoms with Crippen molar-refractivity contribution in [3.05, 3.63) is 23.7 Å². The van der Waals surface area contributed by atoms with Crippen molar-refractivity contribution in [3.63, 3.8) is 0 Å². The maximum Gasteiger partial charge on any atom is 0.211 e. The Kier molecular flexibility index (Phi) is 3.88. The molecule has 2 aliphatic rings. The van der Waals surface area contributed by atoms with E-state index in [1.54, 1.807) is 4.31 Å². The van der Waals surface area contributed by atoms with Gasteiger partial charge in [-0.15, -0.1) is 0 Å². The first-order valence-corrected chi connectivity index (χ1v) is 9.49. The van der Waals surface area contributed by atoms with E-state index in [1.807, 2.05) is 19.1 Å². The van der Waals surface area contributed by atoms with Crippen LogP contribution in [-0.2, 0) is 16.6 Å². The highest BCUT2D eigenvalue weighted by Gasteiger charge is 2.47. The van der Waals surface area contributed by atoms with Crippen LogP contribution >= 0.6 is 0 Å². The Morgan fingerprint density at radius 3 is 2.48 bits per heavy atom. The first-order valence-electron chi connectivity index (χ1n) is 7.65. The molecular formula is C15H24N2O3S. The van der Waals surface area contributed by atoms with Gasteiger partial charge >= 0.3 is 0 Å². The molecule has 1 aromatic heterocycles. The van der Waals surface area contributed by atoms with Crippen LogP contribution in [0.5, 0.6) is 0 Å². The lowest BCUT2D eigenvalue weighted by molar-refractivity contribution is 0.0937. The predicted octanol–water partition coefficient (Wildman–Crippen LogP) is 1.98. The number of rotatable bonds is 3. The predicted molar refractivity (Wildman–Crippen MR) is 81.5 cm³/mol. The summed E-state index contributed by atoms with van der Waals surface area (Å²) in [4.78, 5) is 2.36. The molecule has 0 aliphatic carbocycles. The van der Waals surface area contributed by atoms with Gasteiger partial charge in [0.1, 0.15) is 11.5 Å². The summed E-state index contributed by atoms with van der Waals surface area (Å²) in [5, 5.41) is 0. The fourth-order valence-corrected chi connectivity index (χ4v) is 5.29. The smallest absolute Gasteiger partial charge is 0.211 e. The van der Waals surface area contributed by atoms with Crippen LogP contribution in [0.15, 0.2) is 16.5 Å². The van der Waals surface area contributed by atoms with E-state index in [0.29, 0.717) is 6.54 Å². The lowest BCUT2D eigenvalue weighted by Gasteiger charge is -2.43. The molecule has 118 valence electrons. The van der Waals surface area contributed by atoms with E-state index in [9.17, 15) is 8.42 Å². The van der Waals surface area contributed by atoms with Gasteiger partial charge in [0.05, 0.1) is 12.8 Å². The average Bonchev–Trinajstić information content (AvgIpc) is 2.99. The topological polar surface area (TPSA) is 53.8 Å². The minimum absolute atomic E-state index is 0.122. The number of furan rings is 1. The summed E-state index contributed by atoms with van der Waals surface area (Å²) in [6.45, 7) is 5.34. The molecule has 1 aromatic rings. The summed E-state index contributed by atoms with van der Waals surface area (Å²) in [6, 6.07) is 4.02. The van der Waals surface area contributed by atoms with E-state index >= 15 is 0 Å². The lowest BCUT2D eigenvalue weighted by atomic mass is 9.86. The standard InChI is InChI=1S/C15H24N2O3S/c1-13-4-5-14(20-13)12-16-10-7-15(8-11-16)6-3-9-17(15)21(2,18)19/h4-5H,3,6-12H2,1-2H3. The Morgan fingerprint density at radius 2 is 1.90 bits per heavy atom. The molecule has 0 aromatic carbocycles. The molecule has 0 bridgehead atoms. The van der Waals surface area contributed by atoms with Crippen molar-refractivity contribution in [2.75, 3.05) is 25.9 Å². The number of sulfonamides is 1. The van der Waals surface area contributed by atoms with Gasteiger partial charge in [0.25, 0.3) is 0 Å². The van der Waals surface area contributed by atoms with E-state index in [0.717, 1.165) is 56.8 Å². The van der Waals surface area contributed by atoms with Crippen molar-refractivity contribution in [1.82, 2.24) is 9.21 Å². The quantitative estimate of drug-likeness (QED) is 0.856. The van der Waals surface area contributed by atoms with Crippen molar-refractivity contribution in [2.24, 2.45) is 0 Å². The second-order valence-electron chi connectivity index (χ2n) is 6.45. The summed E-state index contributed by atoms with van der Waals surface area (Å²) < 4.78 is 31.3. The van der Waals surface area contributed by atoms with Crippen molar-refractivity contribution >= 4 is 10.0 Å². The van der Waals surface area contributed by atoms with Gasteiger partial charge in [0.2, 0.25) is 10.0 Å². The summed E-state index contributed by atoms with van der Waals surface area (Å²) in [5.41, 5.74) is -0.122.